The van der Waals surface area contributed by atoms with E-state index in [-0.39, 0.29) is 29.8 Å². The molecule has 2 aromatic rings. The molecule has 1 aliphatic carbocycles. The summed E-state index contributed by atoms with van der Waals surface area (Å²) in [6.45, 7) is 11.8. The first-order chi connectivity index (χ1) is 20.5. The molecule has 3 aliphatic rings. The first-order valence-electron chi connectivity index (χ1n) is 15.3. The Labute approximate surface area is 259 Å². The molecule has 0 bridgehead atoms. The van der Waals surface area contributed by atoms with Crippen LogP contribution in [0.5, 0.6) is 0 Å². The number of aliphatic imine (C=N–C) groups is 2. The van der Waals surface area contributed by atoms with Crippen LogP contribution in [0, 0.1) is 17.3 Å². The van der Waals surface area contributed by atoms with Crippen LogP contribution >= 0.6 is 11.6 Å². The van der Waals surface area contributed by atoms with Gasteiger partial charge < -0.3 is 10.2 Å². The molecule has 3 heterocycles. The molecule has 1 spiro atoms. The van der Waals surface area contributed by atoms with E-state index >= 15 is 0 Å². The van der Waals surface area contributed by atoms with Gasteiger partial charge in [-0.25, -0.2) is 4.99 Å². The zero-order valence-corrected chi connectivity index (χ0v) is 26.6. The Balaban J connectivity index is 1.48. The summed E-state index contributed by atoms with van der Waals surface area (Å²) in [6, 6.07) is 9.19. The first kappa shape index (κ1) is 31.0. The second-order valence-electron chi connectivity index (χ2n) is 13.5. The molecule has 1 aromatic carbocycles. The van der Waals surface area contributed by atoms with Crippen LogP contribution in [0.15, 0.2) is 62.9 Å². The molecule has 2 amide bonds. The molecule has 1 N–H and O–H groups in total. The second-order valence-corrected chi connectivity index (χ2v) is 13.9. The van der Waals surface area contributed by atoms with Gasteiger partial charge in [-0.3, -0.25) is 19.6 Å². The van der Waals surface area contributed by atoms with E-state index in [9.17, 15) is 9.59 Å². The van der Waals surface area contributed by atoms with Gasteiger partial charge in [0.05, 0.1) is 17.6 Å². The lowest BCUT2D eigenvalue weighted by molar-refractivity contribution is -0.133. The van der Waals surface area contributed by atoms with Crippen molar-refractivity contribution < 1.29 is 9.59 Å². The van der Waals surface area contributed by atoms with Crippen molar-refractivity contribution in [3.05, 3.63) is 64.4 Å². The maximum atomic E-state index is 14.5. The van der Waals surface area contributed by atoms with Crippen molar-refractivity contribution in [2.45, 2.75) is 84.8 Å². The molecule has 5 rings (SSSR count). The molecule has 1 aromatic heterocycles. The highest BCUT2D eigenvalue weighted by molar-refractivity contribution is 6.47. The van der Waals surface area contributed by atoms with Crippen LogP contribution in [0.3, 0.4) is 0 Å². The molecule has 1 saturated carbocycles. The number of carbonyl (C=O) groups excluding carboxylic acids is 2. The first-order valence-corrected chi connectivity index (χ1v) is 15.7. The van der Waals surface area contributed by atoms with E-state index < -0.39 is 5.66 Å². The molecule has 0 radical (unpaired) electrons. The van der Waals surface area contributed by atoms with E-state index in [1.54, 1.807) is 18.5 Å². The summed E-state index contributed by atoms with van der Waals surface area (Å²) in [4.78, 5) is 43.0. The normalized spacial score (nSPS) is 22.7. The van der Waals surface area contributed by atoms with E-state index in [4.69, 9.17) is 16.6 Å². The zero-order valence-electron chi connectivity index (χ0n) is 25.8. The lowest BCUT2D eigenvalue weighted by Gasteiger charge is -2.46. The molecule has 1 atom stereocenters. The highest BCUT2D eigenvalue weighted by atomic mass is 35.5. The molecule has 9 nitrogen and oxygen atoms in total. The van der Waals surface area contributed by atoms with Crippen molar-refractivity contribution in [1.29, 1.82) is 0 Å². The highest BCUT2D eigenvalue weighted by Gasteiger charge is 2.52. The number of amides is 2. The van der Waals surface area contributed by atoms with Crippen LogP contribution in [0.2, 0.25) is 5.02 Å². The standard InChI is InChI=1S/C33H42ClN7O2/c1-21(2)22-10-14-33(15-11-22)39-29(25-16-26(34)18-35-17-25)31(43)41(33)27(12-13-32(3,4)5)23-6-8-24(9-7-23)30(42)36-19-28-37-20-38-40-28/h6-9,16-18,21-22,27H,10-15,19-20H2,1-5H3,(H,36,42)/t22?,27-,33?/m1/s1. The van der Waals surface area contributed by atoms with Crippen LogP contribution < -0.4 is 5.32 Å². The highest BCUT2D eigenvalue weighted by Crippen LogP contribution is 2.48. The van der Waals surface area contributed by atoms with E-state index in [1.165, 1.54) is 0 Å². The van der Waals surface area contributed by atoms with Crippen molar-refractivity contribution in [1.82, 2.24) is 15.2 Å². The van der Waals surface area contributed by atoms with Gasteiger partial charge in [-0.2, -0.15) is 5.11 Å². The monoisotopic (exact) mass is 603 g/mol. The van der Waals surface area contributed by atoms with Gasteiger partial charge in [0.25, 0.3) is 11.8 Å². The fourth-order valence-electron chi connectivity index (χ4n) is 6.38. The van der Waals surface area contributed by atoms with Gasteiger partial charge in [0.15, 0.2) is 12.5 Å². The third-order valence-corrected chi connectivity index (χ3v) is 9.10. The molecule has 2 aliphatic heterocycles. The second kappa shape index (κ2) is 12.6. The predicted octanol–water partition coefficient (Wildman–Crippen LogP) is 7.03. The third-order valence-electron chi connectivity index (χ3n) is 8.89. The topological polar surface area (TPSA) is 112 Å². The van der Waals surface area contributed by atoms with E-state index in [1.807, 2.05) is 24.3 Å². The maximum absolute atomic E-state index is 14.5. The Bertz CT molecular complexity index is 1430. The Morgan fingerprint density at radius 1 is 1.14 bits per heavy atom. The third kappa shape index (κ3) is 7.03. The lowest BCUT2D eigenvalue weighted by atomic mass is 9.75. The van der Waals surface area contributed by atoms with Crippen molar-refractivity contribution in [2.75, 3.05) is 13.2 Å². The van der Waals surface area contributed by atoms with E-state index in [0.717, 1.165) is 44.1 Å². The summed E-state index contributed by atoms with van der Waals surface area (Å²) < 4.78 is 0. The Morgan fingerprint density at radius 3 is 2.47 bits per heavy atom. The number of amidine groups is 1. The summed E-state index contributed by atoms with van der Waals surface area (Å²) in [6.07, 6.45) is 8.59. The number of carbonyl (C=O) groups is 2. The van der Waals surface area contributed by atoms with Gasteiger partial charge in [-0.05, 0) is 79.5 Å². The number of hydrogen-bond acceptors (Lipinski definition) is 7. The average Bonchev–Trinajstić information content (AvgIpc) is 3.59. The van der Waals surface area contributed by atoms with E-state index in [0.29, 0.717) is 46.2 Å². The Kier molecular flexibility index (Phi) is 9.11. The SMILES string of the molecule is CC(C)C1CCC2(CC1)N=C(c1cncc(Cl)c1)C(=O)N2[C@H](CCC(C)(C)C)c1ccc(C(=O)NCC2=NCN=N2)cc1. The summed E-state index contributed by atoms with van der Waals surface area (Å²) in [5, 5.41) is 11.1. The molecule has 0 saturated heterocycles. The van der Waals surface area contributed by atoms with Crippen LogP contribution in [0.4, 0.5) is 0 Å². The minimum Gasteiger partial charge on any atom is -0.345 e. The van der Waals surface area contributed by atoms with Gasteiger partial charge in [0.2, 0.25) is 0 Å². The molecule has 0 unspecified atom stereocenters. The summed E-state index contributed by atoms with van der Waals surface area (Å²) in [5.41, 5.74) is 2.06. The number of rotatable bonds is 9. The average molecular weight is 604 g/mol. The Hall–Kier alpha value is -3.46. The molecule has 228 valence electrons. The summed E-state index contributed by atoms with van der Waals surface area (Å²) in [5.74, 6) is 1.42. The summed E-state index contributed by atoms with van der Waals surface area (Å²) in [7, 11) is 0. The number of pyridine rings is 1. The summed E-state index contributed by atoms with van der Waals surface area (Å²) >= 11 is 6.31. The predicted molar refractivity (Wildman–Crippen MR) is 170 cm³/mol. The van der Waals surface area contributed by atoms with E-state index in [2.05, 4.69) is 65.0 Å². The fraction of sp³-hybridized carbons (Fsp3) is 0.545. The molecule has 1 fully saturated rings. The minimum atomic E-state index is -0.630. The molecule has 43 heavy (non-hydrogen) atoms. The number of azo groups is 1. The number of benzene rings is 1. The quantitative estimate of drug-likeness (QED) is 0.332. The number of nitrogens with one attached hydrogen (secondary N) is 1. The number of halogens is 1. The largest absolute Gasteiger partial charge is 0.345 e. The van der Waals surface area contributed by atoms with Crippen molar-refractivity contribution in [3.8, 4) is 0 Å². The Morgan fingerprint density at radius 2 is 1.86 bits per heavy atom. The number of hydrogen-bond donors (Lipinski definition) is 1. The van der Waals surface area contributed by atoms with Gasteiger partial charge in [-0.15, -0.1) is 5.11 Å². The van der Waals surface area contributed by atoms with Crippen molar-refractivity contribution >= 4 is 35.0 Å². The van der Waals surface area contributed by atoms with Crippen molar-refractivity contribution in [3.63, 3.8) is 0 Å². The van der Waals surface area contributed by atoms with Crippen molar-refractivity contribution in [2.24, 2.45) is 37.5 Å². The fourth-order valence-corrected chi connectivity index (χ4v) is 6.55. The molecular weight excluding hydrogens is 562 g/mol. The lowest BCUT2D eigenvalue weighted by Crippen LogP contribution is -2.51. The minimum absolute atomic E-state index is 0.0736. The van der Waals surface area contributed by atoms with Crippen LogP contribution in [-0.2, 0) is 4.79 Å². The van der Waals surface area contributed by atoms with Crippen LogP contribution in [-0.4, -0.2) is 52.1 Å². The zero-order chi connectivity index (χ0) is 30.8. The maximum Gasteiger partial charge on any atom is 0.275 e. The number of aromatic nitrogens is 1. The van der Waals surface area contributed by atoms with Gasteiger partial charge in [-0.1, -0.05) is 58.4 Å². The van der Waals surface area contributed by atoms with Gasteiger partial charge >= 0.3 is 0 Å². The van der Waals surface area contributed by atoms with Crippen LogP contribution in [0.1, 0.15) is 101 Å². The molecule has 10 heteroatoms. The number of nitrogens with zero attached hydrogens (tertiary/aromatic N) is 6. The molecular formula is C33H42ClN7O2. The smallest absolute Gasteiger partial charge is 0.275 e. The van der Waals surface area contributed by atoms with Gasteiger partial charge in [0.1, 0.15) is 11.4 Å². The van der Waals surface area contributed by atoms with Gasteiger partial charge in [0, 0.05) is 23.5 Å². The van der Waals surface area contributed by atoms with Crippen LogP contribution in [0.25, 0.3) is 0 Å².